The van der Waals surface area contributed by atoms with Crippen LogP contribution in [0.2, 0.25) is 0 Å². The van der Waals surface area contributed by atoms with Crippen molar-refractivity contribution in [3.63, 3.8) is 0 Å². The molecule has 0 spiro atoms. The summed E-state index contributed by atoms with van der Waals surface area (Å²) < 4.78 is 6.88. The van der Waals surface area contributed by atoms with E-state index in [0.29, 0.717) is 6.54 Å². The van der Waals surface area contributed by atoms with E-state index in [4.69, 9.17) is 10.5 Å². The molecule has 2 aromatic carbocycles. The van der Waals surface area contributed by atoms with Gasteiger partial charge in [-0.3, -0.25) is 0 Å². The standard InChI is InChI=1S/C17H18BrNO/c18-14-7-5-13(6-8-14)11-17(12-19)9-10-20-16-4-2-1-3-15(16)17/h1-8H,9-12,19H2. The SMILES string of the molecule is NCC1(Cc2ccc(Br)cc2)CCOc2ccccc21. The Balaban J connectivity index is 1.98. The monoisotopic (exact) mass is 331 g/mol. The fourth-order valence-corrected chi connectivity index (χ4v) is 3.25. The van der Waals surface area contributed by atoms with Crippen molar-refractivity contribution >= 4 is 15.9 Å². The van der Waals surface area contributed by atoms with Gasteiger partial charge in [0, 0.05) is 22.0 Å². The Morgan fingerprint density at radius 2 is 1.85 bits per heavy atom. The molecule has 0 bridgehead atoms. The van der Waals surface area contributed by atoms with E-state index in [0.717, 1.165) is 29.7 Å². The summed E-state index contributed by atoms with van der Waals surface area (Å²) in [5.41, 5.74) is 8.72. The largest absolute Gasteiger partial charge is 0.493 e. The van der Waals surface area contributed by atoms with Gasteiger partial charge in [0.1, 0.15) is 5.75 Å². The third kappa shape index (κ3) is 2.48. The van der Waals surface area contributed by atoms with Gasteiger partial charge in [-0.1, -0.05) is 46.3 Å². The highest BCUT2D eigenvalue weighted by Gasteiger charge is 2.36. The highest BCUT2D eigenvalue weighted by molar-refractivity contribution is 9.10. The quantitative estimate of drug-likeness (QED) is 0.931. The number of hydrogen-bond acceptors (Lipinski definition) is 2. The van der Waals surface area contributed by atoms with Gasteiger partial charge in [0.2, 0.25) is 0 Å². The number of halogens is 1. The first-order valence-corrected chi connectivity index (χ1v) is 7.70. The van der Waals surface area contributed by atoms with Gasteiger partial charge in [-0.25, -0.2) is 0 Å². The van der Waals surface area contributed by atoms with Crippen molar-refractivity contribution < 1.29 is 4.74 Å². The molecule has 20 heavy (non-hydrogen) atoms. The van der Waals surface area contributed by atoms with Crippen molar-refractivity contribution in [2.45, 2.75) is 18.3 Å². The summed E-state index contributed by atoms with van der Waals surface area (Å²) in [5, 5.41) is 0. The molecule has 1 aliphatic rings. The molecule has 3 rings (SSSR count). The summed E-state index contributed by atoms with van der Waals surface area (Å²) in [6.07, 6.45) is 1.92. The molecule has 3 heteroatoms. The van der Waals surface area contributed by atoms with Crippen molar-refractivity contribution in [1.29, 1.82) is 0 Å². The fourth-order valence-electron chi connectivity index (χ4n) is 2.98. The molecule has 0 aliphatic carbocycles. The normalized spacial score (nSPS) is 21.1. The lowest BCUT2D eigenvalue weighted by molar-refractivity contribution is 0.215. The smallest absolute Gasteiger partial charge is 0.123 e. The summed E-state index contributed by atoms with van der Waals surface area (Å²) >= 11 is 3.48. The molecule has 104 valence electrons. The predicted molar refractivity (Wildman–Crippen MR) is 85.1 cm³/mol. The van der Waals surface area contributed by atoms with E-state index in [-0.39, 0.29) is 5.41 Å². The van der Waals surface area contributed by atoms with Crippen LogP contribution in [0.3, 0.4) is 0 Å². The first kappa shape index (κ1) is 13.7. The van der Waals surface area contributed by atoms with Crippen LogP contribution in [0, 0.1) is 0 Å². The molecular formula is C17H18BrNO. The highest BCUT2D eigenvalue weighted by Crippen LogP contribution is 2.40. The Kier molecular flexibility index (Phi) is 3.81. The van der Waals surface area contributed by atoms with E-state index in [1.165, 1.54) is 11.1 Å². The number of fused-ring (bicyclic) bond motifs is 1. The maximum Gasteiger partial charge on any atom is 0.123 e. The molecule has 0 saturated carbocycles. The van der Waals surface area contributed by atoms with Crippen molar-refractivity contribution in [2.75, 3.05) is 13.2 Å². The molecular weight excluding hydrogens is 314 g/mol. The van der Waals surface area contributed by atoms with E-state index < -0.39 is 0 Å². The predicted octanol–water partition coefficient (Wildman–Crippen LogP) is 3.67. The van der Waals surface area contributed by atoms with Gasteiger partial charge in [-0.15, -0.1) is 0 Å². The Morgan fingerprint density at radius 1 is 1.10 bits per heavy atom. The molecule has 1 unspecified atom stereocenters. The van der Waals surface area contributed by atoms with Gasteiger partial charge in [0.15, 0.2) is 0 Å². The van der Waals surface area contributed by atoms with Crippen LogP contribution in [0.5, 0.6) is 5.75 Å². The number of benzene rings is 2. The number of hydrogen-bond donors (Lipinski definition) is 1. The first-order valence-electron chi connectivity index (χ1n) is 6.90. The zero-order valence-corrected chi connectivity index (χ0v) is 12.9. The van der Waals surface area contributed by atoms with Crippen molar-refractivity contribution in [3.8, 4) is 5.75 Å². The molecule has 0 fully saturated rings. The van der Waals surface area contributed by atoms with Crippen LogP contribution in [0.4, 0.5) is 0 Å². The zero-order valence-electron chi connectivity index (χ0n) is 11.3. The summed E-state index contributed by atoms with van der Waals surface area (Å²) in [6.45, 7) is 1.38. The van der Waals surface area contributed by atoms with Crippen LogP contribution in [0.25, 0.3) is 0 Å². The molecule has 2 aromatic rings. The molecule has 0 amide bonds. The van der Waals surface area contributed by atoms with Gasteiger partial charge >= 0.3 is 0 Å². The van der Waals surface area contributed by atoms with Crippen LogP contribution in [0.15, 0.2) is 53.0 Å². The zero-order chi connectivity index (χ0) is 14.0. The average molecular weight is 332 g/mol. The number of rotatable bonds is 3. The lowest BCUT2D eigenvalue weighted by Gasteiger charge is -2.38. The Bertz CT molecular complexity index is 596. The number of para-hydroxylation sites is 1. The van der Waals surface area contributed by atoms with Gasteiger partial charge in [-0.05, 0) is 36.6 Å². The van der Waals surface area contributed by atoms with Gasteiger partial charge in [-0.2, -0.15) is 0 Å². The Morgan fingerprint density at radius 3 is 2.60 bits per heavy atom. The topological polar surface area (TPSA) is 35.2 Å². The summed E-state index contributed by atoms with van der Waals surface area (Å²) in [7, 11) is 0. The fraction of sp³-hybridized carbons (Fsp3) is 0.294. The van der Waals surface area contributed by atoms with Crippen molar-refractivity contribution in [2.24, 2.45) is 5.73 Å². The van der Waals surface area contributed by atoms with Crippen LogP contribution in [-0.4, -0.2) is 13.2 Å². The Hall–Kier alpha value is -1.32. The van der Waals surface area contributed by atoms with E-state index in [1.54, 1.807) is 0 Å². The van der Waals surface area contributed by atoms with Crippen LogP contribution < -0.4 is 10.5 Å². The first-order chi connectivity index (χ1) is 9.73. The lowest BCUT2D eigenvalue weighted by Crippen LogP contribution is -2.41. The molecule has 1 aliphatic heterocycles. The molecule has 0 saturated heterocycles. The minimum Gasteiger partial charge on any atom is -0.493 e. The average Bonchev–Trinajstić information content (AvgIpc) is 2.50. The molecule has 2 N–H and O–H groups in total. The molecule has 0 aromatic heterocycles. The van der Waals surface area contributed by atoms with Crippen LogP contribution >= 0.6 is 15.9 Å². The number of ether oxygens (including phenoxy) is 1. The van der Waals surface area contributed by atoms with E-state index in [1.807, 2.05) is 12.1 Å². The van der Waals surface area contributed by atoms with Gasteiger partial charge in [0.25, 0.3) is 0 Å². The third-order valence-corrected chi connectivity index (χ3v) is 4.67. The summed E-state index contributed by atoms with van der Waals surface area (Å²) in [6, 6.07) is 16.8. The highest BCUT2D eigenvalue weighted by atomic mass is 79.9. The maximum absolute atomic E-state index is 6.17. The Labute approximate surface area is 128 Å². The maximum atomic E-state index is 6.17. The van der Waals surface area contributed by atoms with E-state index >= 15 is 0 Å². The number of nitrogens with two attached hydrogens (primary N) is 1. The van der Waals surface area contributed by atoms with Gasteiger partial charge < -0.3 is 10.5 Å². The van der Waals surface area contributed by atoms with Crippen molar-refractivity contribution in [3.05, 3.63) is 64.1 Å². The summed E-state index contributed by atoms with van der Waals surface area (Å²) in [4.78, 5) is 0. The molecule has 1 atom stereocenters. The van der Waals surface area contributed by atoms with E-state index in [9.17, 15) is 0 Å². The lowest BCUT2D eigenvalue weighted by atomic mass is 9.72. The van der Waals surface area contributed by atoms with Crippen LogP contribution in [-0.2, 0) is 11.8 Å². The third-order valence-electron chi connectivity index (χ3n) is 4.14. The molecule has 0 radical (unpaired) electrons. The second-order valence-electron chi connectivity index (χ2n) is 5.38. The van der Waals surface area contributed by atoms with E-state index in [2.05, 4.69) is 52.3 Å². The second-order valence-corrected chi connectivity index (χ2v) is 6.30. The second kappa shape index (κ2) is 5.58. The minimum atomic E-state index is -0.0112. The molecule has 1 heterocycles. The molecule has 2 nitrogen and oxygen atoms in total. The minimum absolute atomic E-state index is 0.0112. The van der Waals surface area contributed by atoms with Crippen LogP contribution in [0.1, 0.15) is 17.5 Å². The van der Waals surface area contributed by atoms with Gasteiger partial charge in [0.05, 0.1) is 6.61 Å². The summed E-state index contributed by atoms with van der Waals surface area (Å²) in [5.74, 6) is 0.987. The van der Waals surface area contributed by atoms with Crippen molar-refractivity contribution in [1.82, 2.24) is 0 Å².